The molecule has 2 rings (SSSR count). The van der Waals surface area contributed by atoms with E-state index in [9.17, 15) is 13.2 Å². The summed E-state index contributed by atoms with van der Waals surface area (Å²) in [6, 6.07) is 5.89. The van der Waals surface area contributed by atoms with Crippen LogP contribution < -0.4 is 0 Å². The van der Waals surface area contributed by atoms with E-state index in [0.717, 1.165) is 4.47 Å². The SMILES string of the molecule is CN(C)C(=O)[C@@H]1CCCN1S(=O)(=O)c1ccc(Br)cc1. The molecule has 1 aliphatic rings. The fraction of sp³-hybridized carbons (Fsp3) is 0.462. The van der Waals surface area contributed by atoms with E-state index in [-0.39, 0.29) is 10.8 Å². The van der Waals surface area contributed by atoms with Gasteiger partial charge in [0.05, 0.1) is 4.90 Å². The second-order valence-electron chi connectivity index (χ2n) is 4.96. The molecule has 0 spiro atoms. The molecule has 0 aromatic heterocycles. The number of amides is 1. The van der Waals surface area contributed by atoms with Gasteiger partial charge in [-0.1, -0.05) is 15.9 Å². The minimum atomic E-state index is -3.62. The summed E-state index contributed by atoms with van der Waals surface area (Å²) in [4.78, 5) is 13.8. The highest BCUT2D eigenvalue weighted by Crippen LogP contribution is 2.27. The number of likely N-dealkylation sites (N-methyl/N-ethyl adjacent to an activating group) is 1. The Morgan fingerprint density at radius 3 is 2.45 bits per heavy atom. The molecular formula is C13H17BrN2O3S. The zero-order valence-electron chi connectivity index (χ0n) is 11.4. The zero-order valence-corrected chi connectivity index (χ0v) is 13.8. The highest BCUT2D eigenvalue weighted by molar-refractivity contribution is 9.10. The Labute approximate surface area is 127 Å². The van der Waals surface area contributed by atoms with E-state index in [1.54, 1.807) is 38.4 Å². The van der Waals surface area contributed by atoms with Gasteiger partial charge in [0.25, 0.3) is 0 Å². The Balaban J connectivity index is 2.33. The van der Waals surface area contributed by atoms with Crippen molar-refractivity contribution in [3.8, 4) is 0 Å². The molecule has 0 bridgehead atoms. The van der Waals surface area contributed by atoms with Crippen molar-refractivity contribution in [3.05, 3.63) is 28.7 Å². The van der Waals surface area contributed by atoms with Crippen LogP contribution in [-0.2, 0) is 14.8 Å². The van der Waals surface area contributed by atoms with Crippen molar-refractivity contribution in [1.29, 1.82) is 0 Å². The maximum atomic E-state index is 12.6. The van der Waals surface area contributed by atoms with Crippen molar-refractivity contribution in [2.24, 2.45) is 0 Å². The maximum Gasteiger partial charge on any atom is 0.243 e. The smallest absolute Gasteiger partial charge is 0.243 e. The average molecular weight is 361 g/mol. The first-order chi connectivity index (χ1) is 9.34. The predicted molar refractivity (Wildman–Crippen MR) is 79.7 cm³/mol. The lowest BCUT2D eigenvalue weighted by molar-refractivity contribution is -0.132. The van der Waals surface area contributed by atoms with Gasteiger partial charge in [0, 0.05) is 25.1 Å². The van der Waals surface area contributed by atoms with Gasteiger partial charge in [-0.2, -0.15) is 4.31 Å². The van der Waals surface area contributed by atoms with E-state index in [1.165, 1.54) is 9.21 Å². The number of hydrogen-bond donors (Lipinski definition) is 0. The van der Waals surface area contributed by atoms with Gasteiger partial charge in [-0.3, -0.25) is 4.79 Å². The minimum absolute atomic E-state index is 0.164. The van der Waals surface area contributed by atoms with Gasteiger partial charge in [-0.15, -0.1) is 0 Å². The van der Waals surface area contributed by atoms with E-state index < -0.39 is 16.1 Å². The number of nitrogens with zero attached hydrogens (tertiary/aromatic N) is 2. The predicted octanol–water partition coefficient (Wildman–Crippen LogP) is 1.69. The van der Waals surface area contributed by atoms with Crippen molar-refractivity contribution in [2.45, 2.75) is 23.8 Å². The van der Waals surface area contributed by atoms with Crippen LogP contribution in [0.2, 0.25) is 0 Å². The lowest BCUT2D eigenvalue weighted by Gasteiger charge is -2.25. The summed E-state index contributed by atoms with van der Waals surface area (Å²) in [6.45, 7) is 0.392. The molecule has 0 saturated carbocycles. The highest BCUT2D eigenvalue weighted by Gasteiger charge is 2.39. The molecule has 1 saturated heterocycles. The van der Waals surface area contributed by atoms with Gasteiger partial charge in [-0.25, -0.2) is 8.42 Å². The van der Waals surface area contributed by atoms with Crippen LogP contribution in [0, 0.1) is 0 Å². The summed E-state index contributed by atoms with van der Waals surface area (Å²) in [6.07, 6.45) is 1.28. The normalized spacial score (nSPS) is 20.1. The molecule has 1 atom stereocenters. The number of hydrogen-bond acceptors (Lipinski definition) is 3. The lowest BCUT2D eigenvalue weighted by atomic mass is 10.2. The largest absolute Gasteiger partial charge is 0.347 e. The van der Waals surface area contributed by atoms with Crippen LogP contribution in [-0.4, -0.2) is 50.2 Å². The lowest BCUT2D eigenvalue weighted by Crippen LogP contribution is -2.45. The molecule has 1 heterocycles. The molecule has 110 valence electrons. The third-order valence-electron chi connectivity index (χ3n) is 3.35. The first-order valence-electron chi connectivity index (χ1n) is 6.32. The van der Waals surface area contributed by atoms with Crippen LogP contribution in [0.3, 0.4) is 0 Å². The quantitative estimate of drug-likeness (QED) is 0.823. The van der Waals surface area contributed by atoms with Crippen LogP contribution in [0.4, 0.5) is 0 Å². The Kier molecular flexibility index (Phi) is 4.51. The first kappa shape index (κ1) is 15.5. The van der Waals surface area contributed by atoms with Crippen molar-refractivity contribution in [2.75, 3.05) is 20.6 Å². The molecule has 0 radical (unpaired) electrons. The van der Waals surface area contributed by atoms with Gasteiger partial charge >= 0.3 is 0 Å². The number of halogens is 1. The topological polar surface area (TPSA) is 57.7 Å². The summed E-state index contributed by atoms with van der Waals surface area (Å²) < 4.78 is 27.4. The number of rotatable bonds is 3. The molecule has 1 aliphatic heterocycles. The molecule has 1 aromatic carbocycles. The zero-order chi connectivity index (χ0) is 14.9. The number of carbonyl (C=O) groups excluding carboxylic acids is 1. The Morgan fingerprint density at radius 1 is 1.30 bits per heavy atom. The molecule has 0 aliphatic carbocycles. The first-order valence-corrected chi connectivity index (χ1v) is 8.56. The third kappa shape index (κ3) is 2.89. The summed E-state index contributed by atoms with van der Waals surface area (Å²) in [7, 11) is -0.330. The molecule has 5 nitrogen and oxygen atoms in total. The summed E-state index contributed by atoms with van der Waals surface area (Å²) in [5, 5.41) is 0. The number of benzene rings is 1. The van der Waals surface area contributed by atoms with Crippen molar-refractivity contribution < 1.29 is 13.2 Å². The second-order valence-corrected chi connectivity index (χ2v) is 7.77. The van der Waals surface area contributed by atoms with Crippen molar-refractivity contribution >= 4 is 31.9 Å². The van der Waals surface area contributed by atoms with E-state index in [0.29, 0.717) is 19.4 Å². The van der Waals surface area contributed by atoms with Gasteiger partial charge < -0.3 is 4.90 Å². The van der Waals surface area contributed by atoms with Crippen molar-refractivity contribution in [1.82, 2.24) is 9.21 Å². The van der Waals surface area contributed by atoms with E-state index >= 15 is 0 Å². The molecule has 7 heteroatoms. The molecule has 1 aromatic rings. The average Bonchev–Trinajstić information content (AvgIpc) is 2.88. The van der Waals surface area contributed by atoms with Gasteiger partial charge in [0.1, 0.15) is 6.04 Å². The van der Waals surface area contributed by atoms with Gasteiger partial charge in [0.2, 0.25) is 15.9 Å². The molecule has 0 unspecified atom stereocenters. The fourth-order valence-electron chi connectivity index (χ4n) is 2.31. The standard InChI is InChI=1S/C13H17BrN2O3S/c1-15(2)13(17)12-4-3-9-16(12)20(18,19)11-7-5-10(14)6-8-11/h5-8,12H,3-4,9H2,1-2H3/t12-/m0/s1. The Morgan fingerprint density at radius 2 is 1.90 bits per heavy atom. The minimum Gasteiger partial charge on any atom is -0.347 e. The summed E-state index contributed by atoms with van der Waals surface area (Å²) in [5.41, 5.74) is 0. The highest BCUT2D eigenvalue weighted by atomic mass is 79.9. The summed E-state index contributed by atoms with van der Waals surface area (Å²) in [5.74, 6) is -0.164. The van der Waals surface area contributed by atoms with Crippen molar-refractivity contribution in [3.63, 3.8) is 0 Å². The van der Waals surface area contributed by atoms with Crippen LogP contribution in [0.5, 0.6) is 0 Å². The molecular weight excluding hydrogens is 344 g/mol. The third-order valence-corrected chi connectivity index (χ3v) is 5.80. The van der Waals surface area contributed by atoms with Gasteiger partial charge in [-0.05, 0) is 37.1 Å². The Hall–Kier alpha value is -0.920. The number of sulfonamides is 1. The fourth-order valence-corrected chi connectivity index (χ4v) is 4.23. The molecule has 20 heavy (non-hydrogen) atoms. The molecule has 1 amide bonds. The van der Waals surface area contributed by atoms with Crippen LogP contribution >= 0.6 is 15.9 Å². The summed E-state index contributed by atoms with van der Waals surface area (Å²) >= 11 is 3.28. The second kappa shape index (κ2) is 5.83. The number of carbonyl (C=O) groups is 1. The van der Waals surface area contributed by atoms with Crippen LogP contribution in [0.25, 0.3) is 0 Å². The van der Waals surface area contributed by atoms with E-state index in [1.807, 2.05) is 0 Å². The van der Waals surface area contributed by atoms with Crippen LogP contribution in [0.1, 0.15) is 12.8 Å². The molecule has 0 N–H and O–H groups in total. The monoisotopic (exact) mass is 360 g/mol. The Bertz CT molecular complexity index is 599. The van der Waals surface area contributed by atoms with E-state index in [2.05, 4.69) is 15.9 Å². The van der Waals surface area contributed by atoms with Crippen LogP contribution in [0.15, 0.2) is 33.6 Å². The maximum absolute atomic E-state index is 12.6. The molecule has 1 fully saturated rings. The van der Waals surface area contributed by atoms with E-state index in [4.69, 9.17) is 0 Å². The van der Waals surface area contributed by atoms with Gasteiger partial charge in [0.15, 0.2) is 0 Å².